The van der Waals surface area contributed by atoms with E-state index in [4.69, 9.17) is 0 Å². The molecular weight excluding hydrogens is 393 g/mol. The fraction of sp³-hybridized carbons (Fsp3) is 0.400. The zero-order valence-corrected chi connectivity index (χ0v) is 16.9. The lowest BCUT2D eigenvalue weighted by Crippen LogP contribution is -2.45. The first-order chi connectivity index (χ1) is 14.1. The molecule has 0 radical (unpaired) electrons. The largest absolute Gasteiger partial charge is 0.335 e. The zero-order chi connectivity index (χ0) is 20.6. The molecule has 0 unspecified atom stereocenters. The number of carbonyl (C=O) groups is 2. The van der Waals surface area contributed by atoms with Crippen LogP contribution in [0.4, 0.5) is 9.18 Å². The van der Waals surface area contributed by atoms with Crippen LogP contribution in [-0.2, 0) is 11.3 Å². The molecule has 0 atom stereocenters. The van der Waals surface area contributed by atoms with E-state index in [1.54, 1.807) is 28.8 Å². The number of imide groups is 1. The molecule has 2 N–H and O–H groups in total. The van der Waals surface area contributed by atoms with Crippen LogP contribution in [0.2, 0.25) is 0 Å². The van der Waals surface area contributed by atoms with Gasteiger partial charge in [-0.3, -0.25) is 14.7 Å². The molecule has 2 aromatic rings. The van der Waals surface area contributed by atoms with Crippen LogP contribution < -0.4 is 10.6 Å². The Hall–Kier alpha value is -2.68. The number of amides is 3. The molecule has 9 heteroatoms. The minimum Gasteiger partial charge on any atom is -0.335 e. The molecule has 1 heterocycles. The summed E-state index contributed by atoms with van der Waals surface area (Å²) in [5.41, 5.74) is 0.324. The van der Waals surface area contributed by atoms with Gasteiger partial charge < -0.3 is 5.32 Å². The summed E-state index contributed by atoms with van der Waals surface area (Å²) in [6, 6.07) is 5.95. The molecule has 0 spiro atoms. The summed E-state index contributed by atoms with van der Waals surface area (Å²) < 4.78 is 15.8. The Kier molecular flexibility index (Phi) is 7.40. The maximum Gasteiger partial charge on any atom is 0.321 e. The van der Waals surface area contributed by atoms with Crippen LogP contribution in [0, 0.1) is 5.82 Å². The minimum absolute atomic E-state index is 0.00929. The molecule has 1 aromatic heterocycles. The molecule has 0 bridgehead atoms. The molecule has 0 aliphatic heterocycles. The normalized spacial score (nSPS) is 14.4. The van der Waals surface area contributed by atoms with Crippen LogP contribution >= 0.6 is 11.8 Å². The molecule has 3 rings (SSSR count). The van der Waals surface area contributed by atoms with Gasteiger partial charge in [0.05, 0.1) is 11.3 Å². The van der Waals surface area contributed by atoms with Gasteiger partial charge in [0.25, 0.3) is 0 Å². The van der Waals surface area contributed by atoms with Crippen LogP contribution in [0.1, 0.15) is 32.1 Å². The van der Waals surface area contributed by atoms with Crippen LogP contribution in [0.25, 0.3) is 11.4 Å². The Labute approximate surface area is 173 Å². The SMILES string of the molecule is C=CCn1c(SCC(=O)NC(=O)NC2CCCCC2)nnc1-c1ccccc1F. The average molecular weight is 418 g/mol. The molecule has 29 heavy (non-hydrogen) atoms. The van der Waals surface area contributed by atoms with Crippen molar-refractivity contribution in [3.63, 3.8) is 0 Å². The standard InChI is InChI=1S/C20H24FN5O2S/c1-2-12-26-18(15-10-6-7-11-16(15)21)24-25-20(26)29-13-17(27)23-19(28)22-14-8-4-3-5-9-14/h2,6-7,10-11,14H,1,3-5,8-9,12-13H2,(H2,22,23,27,28). The second-order valence-electron chi connectivity index (χ2n) is 6.83. The maximum atomic E-state index is 14.1. The van der Waals surface area contributed by atoms with E-state index in [1.165, 1.54) is 12.5 Å². The van der Waals surface area contributed by atoms with E-state index >= 15 is 0 Å². The van der Waals surface area contributed by atoms with Crippen molar-refractivity contribution in [1.82, 2.24) is 25.4 Å². The lowest BCUT2D eigenvalue weighted by molar-refractivity contribution is -0.117. The number of thioether (sulfide) groups is 1. The van der Waals surface area contributed by atoms with E-state index in [1.807, 2.05) is 0 Å². The highest BCUT2D eigenvalue weighted by Crippen LogP contribution is 2.26. The van der Waals surface area contributed by atoms with Gasteiger partial charge in [0.1, 0.15) is 5.82 Å². The van der Waals surface area contributed by atoms with Gasteiger partial charge in [-0.05, 0) is 25.0 Å². The number of nitrogens with zero attached hydrogens (tertiary/aromatic N) is 3. The van der Waals surface area contributed by atoms with Crippen molar-refractivity contribution in [2.24, 2.45) is 0 Å². The number of halogens is 1. The number of nitrogens with one attached hydrogen (secondary N) is 2. The smallest absolute Gasteiger partial charge is 0.321 e. The third-order valence-electron chi connectivity index (χ3n) is 4.67. The fourth-order valence-corrected chi connectivity index (χ4v) is 4.04. The van der Waals surface area contributed by atoms with E-state index in [-0.39, 0.29) is 11.8 Å². The van der Waals surface area contributed by atoms with Gasteiger partial charge in [-0.2, -0.15) is 0 Å². The molecule has 1 aliphatic carbocycles. The number of allylic oxidation sites excluding steroid dienone is 1. The van der Waals surface area contributed by atoms with Crippen molar-refractivity contribution in [2.45, 2.75) is 49.8 Å². The van der Waals surface area contributed by atoms with Gasteiger partial charge >= 0.3 is 6.03 Å². The quantitative estimate of drug-likeness (QED) is 0.532. The molecule has 1 aliphatic rings. The first-order valence-corrected chi connectivity index (χ1v) is 10.6. The van der Waals surface area contributed by atoms with E-state index in [9.17, 15) is 14.0 Å². The highest BCUT2D eigenvalue weighted by Gasteiger charge is 2.19. The summed E-state index contributed by atoms with van der Waals surface area (Å²) in [6.45, 7) is 4.08. The summed E-state index contributed by atoms with van der Waals surface area (Å²) >= 11 is 1.13. The van der Waals surface area contributed by atoms with Crippen LogP contribution in [0.15, 0.2) is 42.1 Å². The molecular formula is C20H24FN5O2S. The van der Waals surface area contributed by atoms with E-state index in [2.05, 4.69) is 27.4 Å². The van der Waals surface area contributed by atoms with Gasteiger partial charge in [-0.1, -0.05) is 49.2 Å². The summed E-state index contributed by atoms with van der Waals surface area (Å²) in [5.74, 6) is -0.478. The lowest BCUT2D eigenvalue weighted by Gasteiger charge is -2.22. The second kappa shape index (κ2) is 10.2. The monoisotopic (exact) mass is 417 g/mol. The van der Waals surface area contributed by atoms with Crippen LogP contribution in [0.5, 0.6) is 0 Å². The third kappa shape index (κ3) is 5.66. The molecule has 0 saturated heterocycles. The summed E-state index contributed by atoms with van der Waals surface area (Å²) in [4.78, 5) is 24.1. The van der Waals surface area contributed by atoms with Crippen molar-refractivity contribution in [1.29, 1.82) is 0 Å². The molecule has 7 nitrogen and oxygen atoms in total. The average Bonchev–Trinajstić information content (AvgIpc) is 3.10. The van der Waals surface area contributed by atoms with Gasteiger partial charge in [-0.25, -0.2) is 9.18 Å². The fourth-order valence-electron chi connectivity index (χ4n) is 3.29. The van der Waals surface area contributed by atoms with Crippen LogP contribution in [-0.4, -0.2) is 38.5 Å². The molecule has 1 saturated carbocycles. The molecule has 1 aromatic carbocycles. The maximum absolute atomic E-state index is 14.1. The van der Waals surface area contributed by atoms with Crippen molar-refractivity contribution in [2.75, 3.05) is 5.75 Å². The zero-order valence-electron chi connectivity index (χ0n) is 16.1. The van der Waals surface area contributed by atoms with E-state index in [0.717, 1.165) is 37.4 Å². The van der Waals surface area contributed by atoms with E-state index in [0.29, 0.717) is 23.1 Å². The van der Waals surface area contributed by atoms with Crippen molar-refractivity contribution in [3.05, 3.63) is 42.7 Å². The van der Waals surface area contributed by atoms with Gasteiger partial charge in [0, 0.05) is 12.6 Å². The summed E-state index contributed by atoms with van der Waals surface area (Å²) in [5, 5.41) is 13.8. The van der Waals surface area contributed by atoms with Crippen molar-refractivity contribution < 1.29 is 14.0 Å². The number of hydrogen-bond donors (Lipinski definition) is 2. The van der Waals surface area contributed by atoms with Gasteiger partial charge in [0.15, 0.2) is 11.0 Å². The van der Waals surface area contributed by atoms with Crippen LogP contribution in [0.3, 0.4) is 0 Å². The Morgan fingerprint density at radius 1 is 1.24 bits per heavy atom. The second-order valence-corrected chi connectivity index (χ2v) is 7.77. The minimum atomic E-state index is -0.470. The van der Waals surface area contributed by atoms with E-state index < -0.39 is 17.8 Å². The highest BCUT2D eigenvalue weighted by atomic mass is 32.2. The van der Waals surface area contributed by atoms with Crippen molar-refractivity contribution in [3.8, 4) is 11.4 Å². The Morgan fingerprint density at radius 2 is 2.00 bits per heavy atom. The Morgan fingerprint density at radius 3 is 2.72 bits per heavy atom. The van der Waals surface area contributed by atoms with Gasteiger partial charge in [-0.15, -0.1) is 16.8 Å². The number of urea groups is 1. The topological polar surface area (TPSA) is 88.9 Å². The summed E-state index contributed by atoms with van der Waals surface area (Å²) in [6.07, 6.45) is 6.92. The number of aromatic nitrogens is 3. The highest BCUT2D eigenvalue weighted by molar-refractivity contribution is 7.99. The number of hydrogen-bond acceptors (Lipinski definition) is 5. The number of carbonyl (C=O) groups excluding carboxylic acids is 2. The predicted octanol–water partition coefficient (Wildman–Crippen LogP) is 3.52. The molecule has 1 fully saturated rings. The molecule has 3 amide bonds. The number of benzene rings is 1. The molecule has 154 valence electrons. The third-order valence-corrected chi connectivity index (χ3v) is 5.64. The van der Waals surface area contributed by atoms with Gasteiger partial charge in [0.2, 0.25) is 5.91 Å². The van der Waals surface area contributed by atoms with Crippen molar-refractivity contribution >= 4 is 23.7 Å². The Bertz CT molecular complexity index is 880. The first kappa shape index (κ1) is 21.0. The number of rotatable bonds is 7. The lowest BCUT2D eigenvalue weighted by atomic mass is 9.96. The summed E-state index contributed by atoms with van der Waals surface area (Å²) in [7, 11) is 0. The first-order valence-electron chi connectivity index (χ1n) is 9.60. The Balaban J connectivity index is 1.59. The predicted molar refractivity (Wildman–Crippen MR) is 110 cm³/mol.